The highest BCUT2D eigenvalue weighted by Crippen LogP contribution is 2.37. The fourth-order valence-electron chi connectivity index (χ4n) is 2.35. The Hall–Kier alpha value is -1.08. The van der Waals surface area contributed by atoms with E-state index in [-0.39, 0.29) is 0 Å². The summed E-state index contributed by atoms with van der Waals surface area (Å²) >= 11 is 0. The minimum Gasteiger partial charge on any atom is -0.385 e. The summed E-state index contributed by atoms with van der Waals surface area (Å²) in [5.74, 6) is 0. The van der Waals surface area contributed by atoms with Crippen LogP contribution in [0, 0.1) is 0 Å². The lowest BCUT2D eigenvalue weighted by atomic mass is 9.77. The summed E-state index contributed by atoms with van der Waals surface area (Å²) in [6.45, 7) is 4.07. The molecule has 1 aliphatic carbocycles. The molecule has 0 heterocycles. The van der Waals surface area contributed by atoms with Crippen molar-refractivity contribution >= 4 is 5.57 Å². The minimum atomic E-state index is -0.653. The quantitative estimate of drug-likeness (QED) is 0.779. The summed E-state index contributed by atoms with van der Waals surface area (Å²) in [4.78, 5) is 0. The minimum absolute atomic E-state index is 0.653. The van der Waals surface area contributed by atoms with Gasteiger partial charge in [0.15, 0.2) is 0 Å². The third-order valence-electron chi connectivity index (χ3n) is 3.36. The normalized spacial score (nSPS) is 19.8. The van der Waals surface area contributed by atoms with Crippen molar-refractivity contribution in [3.05, 3.63) is 42.5 Å². The van der Waals surface area contributed by atoms with Crippen molar-refractivity contribution in [2.24, 2.45) is 0 Å². The van der Waals surface area contributed by atoms with Gasteiger partial charge in [-0.1, -0.05) is 56.2 Å². The van der Waals surface area contributed by atoms with Crippen molar-refractivity contribution in [1.82, 2.24) is 0 Å². The second kappa shape index (κ2) is 4.19. The zero-order valence-corrected chi connectivity index (χ0v) is 9.08. The van der Waals surface area contributed by atoms with E-state index in [1.807, 2.05) is 30.3 Å². The van der Waals surface area contributed by atoms with Crippen molar-refractivity contribution in [2.45, 2.75) is 37.7 Å². The van der Waals surface area contributed by atoms with E-state index < -0.39 is 5.60 Å². The van der Waals surface area contributed by atoms with Gasteiger partial charge in [-0.2, -0.15) is 0 Å². The molecule has 1 aliphatic rings. The molecule has 0 radical (unpaired) electrons. The molecular formula is C14H18O. The summed E-state index contributed by atoms with van der Waals surface area (Å²) in [5, 5.41) is 10.5. The van der Waals surface area contributed by atoms with Crippen LogP contribution in [0.2, 0.25) is 0 Å². The van der Waals surface area contributed by atoms with Crippen LogP contribution in [0.3, 0.4) is 0 Å². The Balaban J connectivity index is 2.20. The van der Waals surface area contributed by atoms with Crippen LogP contribution in [-0.4, -0.2) is 10.7 Å². The smallest absolute Gasteiger partial charge is 0.0896 e. The van der Waals surface area contributed by atoms with Crippen LogP contribution in [0.25, 0.3) is 5.57 Å². The van der Waals surface area contributed by atoms with Crippen LogP contribution < -0.4 is 0 Å². The molecule has 1 saturated carbocycles. The highest BCUT2D eigenvalue weighted by atomic mass is 16.3. The van der Waals surface area contributed by atoms with E-state index in [2.05, 4.69) is 6.58 Å². The molecule has 0 spiro atoms. The molecule has 1 nitrogen and oxygen atoms in total. The maximum absolute atomic E-state index is 10.5. The predicted molar refractivity (Wildman–Crippen MR) is 63.5 cm³/mol. The Labute approximate surface area is 91.4 Å². The average Bonchev–Trinajstić information content (AvgIpc) is 2.30. The van der Waals surface area contributed by atoms with Gasteiger partial charge in [-0.15, -0.1) is 0 Å². The van der Waals surface area contributed by atoms with Crippen LogP contribution in [0.5, 0.6) is 0 Å². The van der Waals surface area contributed by atoms with Crippen molar-refractivity contribution in [2.75, 3.05) is 0 Å². The summed E-state index contributed by atoms with van der Waals surface area (Å²) < 4.78 is 0. The van der Waals surface area contributed by atoms with Gasteiger partial charge < -0.3 is 5.11 Å². The fraction of sp³-hybridized carbons (Fsp3) is 0.429. The Morgan fingerprint density at radius 3 is 2.27 bits per heavy atom. The summed E-state index contributed by atoms with van der Waals surface area (Å²) in [5.41, 5.74) is 1.31. The molecule has 0 unspecified atom stereocenters. The molecule has 2 rings (SSSR count). The molecule has 1 fully saturated rings. The predicted octanol–water partition coefficient (Wildman–Crippen LogP) is 3.40. The molecule has 0 saturated heterocycles. The van der Waals surface area contributed by atoms with Gasteiger partial charge in [0.2, 0.25) is 0 Å². The van der Waals surface area contributed by atoms with E-state index in [0.717, 1.165) is 36.8 Å². The van der Waals surface area contributed by atoms with Gasteiger partial charge in [-0.05, 0) is 24.0 Å². The standard InChI is InChI=1S/C14H18O/c1-12(13-8-4-2-5-9-13)14(15)10-6-3-7-11-14/h2,4-5,8-9,15H,1,3,6-7,10-11H2. The largest absolute Gasteiger partial charge is 0.385 e. The molecule has 0 amide bonds. The first-order valence-electron chi connectivity index (χ1n) is 5.69. The zero-order valence-electron chi connectivity index (χ0n) is 9.08. The second-order valence-electron chi connectivity index (χ2n) is 4.44. The van der Waals surface area contributed by atoms with Crippen molar-refractivity contribution in [3.8, 4) is 0 Å². The van der Waals surface area contributed by atoms with Crippen LogP contribution in [0.15, 0.2) is 36.9 Å². The second-order valence-corrected chi connectivity index (χ2v) is 4.44. The summed E-state index contributed by atoms with van der Waals surface area (Å²) in [6.07, 6.45) is 5.19. The zero-order chi connectivity index (χ0) is 10.7. The number of hydrogen-bond acceptors (Lipinski definition) is 1. The molecular weight excluding hydrogens is 184 g/mol. The maximum atomic E-state index is 10.5. The summed E-state index contributed by atoms with van der Waals surface area (Å²) in [7, 11) is 0. The lowest BCUT2D eigenvalue weighted by Crippen LogP contribution is -2.32. The monoisotopic (exact) mass is 202 g/mol. The lowest BCUT2D eigenvalue weighted by molar-refractivity contribution is 0.0616. The highest BCUT2D eigenvalue weighted by Gasteiger charge is 2.32. The molecule has 1 heteroatoms. The molecule has 1 aromatic rings. The number of hydrogen-bond donors (Lipinski definition) is 1. The molecule has 15 heavy (non-hydrogen) atoms. The van der Waals surface area contributed by atoms with Crippen molar-refractivity contribution < 1.29 is 5.11 Å². The number of benzene rings is 1. The van der Waals surface area contributed by atoms with E-state index >= 15 is 0 Å². The Bertz CT molecular complexity index is 334. The highest BCUT2D eigenvalue weighted by molar-refractivity contribution is 5.70. The molecule has 0 aliphatic heterocycles. The third-order valence-corrected chi connectivity index (χ3v) is 3.36. The first-order chi connectivity index (χ1) is 7.22. The van der Waals surface area contributed by atoms with Crippen LogP contribution in [0.4, 0.5) is 0 Å². The van der Waals surface area contributed by atoms with Gasteiger partial charge in [-0.3, -0.25) is 0 Å². The molecule has 1 N–H and O–H groups in total. The van der Waals surface area contributed by atoms with Crippen molar-refractivity contribution in [1.29, 1.82) is 0 Å². The van der Waals surface area contributed by atoms with Gasteiger partial charge in [-0.25, -0.2) is 0 Å². The van der Waals surface area contributed by atoms with Crippen LogP contribution in [-0.2, 0) is 0 Å². The van der Waals surface area contributed by atoms with Crippen molar-refractivity contribution in [3.63, 3.8) is 0 Å². The average molecular weight is 202 g/mol. The SMILES string of the molecule is C=C(c1ccccc1)C1(O)CCCCC1. The Morgan fingerprint density at radius 2 is 1.67 bits per heavy atom. The molecule has 80 valence electrons. The van der Waals surface area contributed by atoms with Gasteiger partial charge in [0.1, 0.15) is 0 Å². The van der Waals surface area contributed by atoms with E-state index in [9.17, 15) is 5.11 Å². The van der Waals surface area contributed by atoms with Crippen LogP contribution >= 0.6 is 0 Å². The van der Waals surface area contributed by atoms with Gasteiger partial charge >= 0.3 is 0 Å². The van der Waals surface area contributed by atoms with Gasteiger partial charge in [0.25, 0.3) is 0 Å². The van der Waals surface area contributed by atoms with Crippen LogP contribution in [0.1, 0.15) is 37.7 Å². The van der Waals surface area contributed by atoms with E-state index in [1.165, 1.54) is 6.42 Å². The molecule has 0 atom stereocenters. The lowest BCUT2D eigenvalue weighted by Gasteiger charge is -2.34. The maximum Gasteiger partial charge on any atom is 0.0896 e. The van der Waals surface area contributed by atoms with E-state index in [0.29, 0.717) is 0 Å². The number of rotatable bonds is 2. The summed E-state index contributed by atoms with van der Waals surface area (Å²) in [6, 6.07) is 10.0. The first-order valence-corrected chi connectivity index (χ1v) is 5.69. The fourth-order valence-corrected chi connectivity index (χ4v) is 2.35. The number of aliphatic hydroxyl groups is 1. The van der Waals surface area contributed by atoms with E-state index in [4.69, 9.17) is 0 Å². The van der Waals surface area contributed by atoms with Gasteiger partial charge in [0.05, 0.1) is 5.60 Å². The third kappa shape index (κ3) is 2.13. The Kier molecular flexibility index (Phi) is 2.92. The molecule has 1 aromatic carbocycles. The molecule has 0 aromatic heterocycles. The first kappa shape index (κ1) is 10.4. The molecule has 0 bridgehead atoms. The van der Waals surface area contributed by atoms with E-state index in [1.54, 1.807) is 0 Å². The Morgan fingerprint density at radius 1 is 1.07 bits per heavy atom. The van der Waals surface area contributed by atoms with Gasteiger partial charge in [0, 0.05) is 0 Å². The topological polar surface area (TPSA) is 20.2 Å².